The lowest BCUT2D eigenvalue weighted by Crippen LogP contribution is -2.38. The number of benzene rings is 2. The van der Waals surface area contributed by atoms with Crippen LogP contribution < -0.4 is 10.9 Å². The van der Waals surface area contributed by atoms with Gasteiger partial charge in [-0.05, 0) is 50.6 Å². The van der Waals surface area contributed by atoms with E-state index in [-0.39, 0.29) is 17.7 Å². The van der Waals surface area contributed by atoms with E-state index in [1.807, 2.05) is 13.8 Å². The van der Waals surface area contributed by atoms with Gasteiger partial charge in [0.25, 0.3) is 11.5 Å². The van der Waals surface area contributed by atoms with Gasteiger partial charge in [-0.1, -0.05) is 6.92 Å². The van der Waals surface area contributed by atoms with Crippen molar-refractivity contribution in [2.24, 2.45) is 0 Å². The molecule has 0 atom stereocenters. The number of halogens is 3. The standard InChI is InChI=1S/C23H23F3N4O3/c1-4-10-29(12-19(31)28-16-8-7-15(24)20(25)21(16)26)23(33)14-6-9-18-17(11-14)27-13(3)22(32)30(18)5-2/h6-9,11H,4-5,10,12H2,1-3H3,(H,28,31). The Morgan fingerprint density at radius 3 is 2.48 bits per heavy atom. The highest BCUT2D eigenvalue weighted by molar-refractivity contribution is 6.01. The molecule has 0 radical (unpaired) electrons. The maximum Gasteiger partial charge on any atom is 0.272 e. The van der Waals surface area contributed by atoms with Crippen LogP contribution in [-0.2, 0) is 11.3 Å². The molecule has 2 amide bonds. The van der Waals surface area contributed by atoms with Gasteiger partial charge in [-0.15, -0.1) is 0 Å². The molecule has 0 aliphatic heterocycles. The van der Waals surface area contributed by atoms with Gasteiger partial charge in [0.15, 0.2) is 17.5 Å². The van der Waals surface area contributed by atoms with Crippen LogP contribution in [0.25, 0.3) is 11.0 Å². The molecule has 1 aromatic heterocycles. The van der Waals surface area contributed by atoms with Crippen molar-refractivity contribution in [1.29, 1.82) is 0 Å². The van der Waals surface area contributed by atoms with Crippen LogP contribution in [-0.4, -0.2) is 39.4 Å². The Labute approximate surface area is 187 Å². The molecule has 3 aromatic rings. The van der Waals surface area contributed by atoms with Crippen LogP contribution in [0.5, 0.6) is 0 Å². The van der Waals surface area contributed by atoms with E-state index in [9.17, 15) is 27.6 Å². The predicted molar refractivity (Wildman–Crippen MR) is 118 cm³/mol. The topological polar surface area (TPSA) is 84.3 Å². The number of hydrogen-bond donors (Lipinski definition) is 1. The first-order valence-corrected chi connectivity index (χ1v) is 10.4. The number of hydrogen-bond acceptors (Lipinski definition) is 4. The van der Waals surface area contributed by atoms with Crippen LogP contribution in [0.4, 0.5) is 18.9 Å². The van der Waals surface area contributed by atoms with E-state index in [0.717, 1.165) is 6.07 Å². The van der Waals surface area contributed by atoms with Crippen LogP contribution in [0, 0.1) is 24.4 Å². The smallest absolute Gasteiger partial charge is 0.272 e. The average Bonchev–Trinajstić information content (AvgIpc) is 2.79. The van der Waals surface area contributed by atoms with Crippen molar-refractivity contribution >= 4 is 28.5 Å². The summed E-state index contributed by atoms with van der Waals surface area (Å²) in [6, 6.07) is 6.32. The summed E-state index contributed by atoms with van der Waals surface area (Å²) in [5.74, 6) is -5.82. The SMILES string of the molecule is CCCN(CC(=O)Nc1ccc(F)c(F)c1F)C(=O)c1ccc2c(c1)nc(C)c(=O)n2CC. The van der Waals surface area contributed by atoms with Crippen LogP contribution in [0.2, 0.25) is 0 Å². The second-order valence-corrected chi connectivity index (χ2v) is 7.45. The fourth-order valence-corrected chi connectivity index (χ4v) is 3.51. The highest BCUT2D eigenvalue weighted by atomic mass is 19.2. The van der Waals surface area contributed by atoms with E-state index in [0.29, 0.717) is 35.8 Å². The van der Waals surface area contributed by atoms with Gasteiger partial charge in [-0.2, -0.15) is 0 Å². The van der Waals surface area contributed by atoms with E-state index in [2.05, 4.69) is 10.3 Å². The van der Waals surface area contributed by atoms with Crippen molar-refractivity contribution < 1.29 is 22.8 Å². The Bertz CT molecular complexity index is 1290. The number of carbonyl (C=O) groups is 2. The molecular weight excluding hydrogens is 437 g/mol. The number of carbonyl (C=O) groups excluding carboxylic acids is 2. The summed E-state index contributed by atoms with van der Waals surface area (Å²) in [7, 11) is 0. The molecule has 0 saturated carbocycles. The Morgan fingerprint density at radius 1 is 1.09 bits per heavy atom. The van der Waals surface area contributed by atoms with Crippen molar-refractivity contribution in [3.8, 4) is 0 Å². The third-order valence-corrected chi connectivity index (χ3v) is 5.10. The average molecular weight is 460 g/mol. The van der Waals surface area contributed by atoms with Crippen LogP contribution in [0.1, 0.15) is 36.3 Å². The molecule has 33 heavy (non-hydrogen) atoms. The van der Waals surface area contributed by atoms with Gasteiger partial charge in [0.2, 0.25) is 5.91 Å². The Hall–Kier alpha value is -3.69. The summed E-state index contributed by atoms with van der Waals surface area (Å²) in [4.78, 5) is 43.3. The molecule has 0 aliphatic rings. The van der Waals surface area contributed by atoms with Crippen molar-refractivity contribution in [1.82, 2.24) is 14.5 Å². The summed E-state index contributed by atoms with van der Waals surface area (Å²) in [6.45, 7) is 5.48. The van der Waals surface area contributed by atoms with E-state index < -0.39 is 41.5 Å². The van der Waals surface area contributed by atoms with Gasteiger partial charge in [-0.3, -0.25) is 14.4 Å². The minimum Gasteiger partial charge on any atom is -0.329 e. The van der Waals surface area contributed by atoms with Crippen LogP contribution in [0.15, 0.2) is 35.1 Å². The lowest BCUT2D eigenvalue weighted by atomic mass is 10.1. The van der Waals surface area contributed by atoms with E-state index in [1.165, 1.54) is 4.90 Å². The molecule has 2 aromatic carbocycles. The molecule has 7 nitrogen and oxygen atoms in total. The number of amides is 2. The maximum atomic E-state index is 13.9. The van der Waals surface area contributed by atoms with Gasteiger partial charge in [0, 0.05) is 18.7 Å². The highest BCUT2D eigenvalue weighted by Crippen LogP contribution is 2.20. The fourth-order valence-electron chi connectivity index (χ4n) is 3.51. The first kappa shape index (κ1) is 24.0. The summed E-state index contributed by atoms with van der Waals surface area (Å²) >= 11 is 0. The molecule has 0 unspecified atom stereocenters. The van der Waals surface area contributed by atoms with Crippen LogP contribution >= 0.6 is 0 Å². The lowest BCUT2D eigenvalue weighted by molar-refractivity contribution is -0.116. The second-order valence-electron chi connectivity index (χ2n) is 7.45. The van der Waals surface area contributed by atoms with E-state index in [4.69, 9.17) is 0 Å². The number of nitrogens with zero attached hydrogens (tertiary/aromatic N) is 3. The third-order valence-electron chi connectivity index (χ3n) is 5.10. The third kappa shape index (κ3) is 4.89. The zero-order valence-corrected chi connectivity index (χ0v) is 18.4. The molecule has 3 rings (SSSR count). The van der Waals surface area contributed by atoms with Crippen LogP contribution in [0.3, 0.4) is 0 Å². The normalized spacial score (nSPS) is 11.0. The first-order valence-electron chi connectivity index (χ1n) is 10.4. The molecular formula is C23H23F3N4O3. The summed E-state index contributed by atoms with van der Waals surface area (Å²) in [5, 5.41) is 2.17. The molecule has 174 valence electrons. The van der Waals surface area contributed by atoms with E-state index >= 15 is 0 Å². The monoisotopic (exact) mass is 460 g/mol. The highest BCUT2D eigenvalue weighted by Gasteiger charge is 2.21. The van der Waals surface area contributed by atoms with Gasteiger partial charge in [-0.25, -0.2) is 18.2 Å². The number of aryl methyl sites for hydroxylation is 2. The fraction of sp³-hybridized carbons (Fsp3) is 0.304. The Balaban J connectivity index is 1.86. The molecule has 1 heterocycles. The second kappa shape index (κ2) is 9.85. The molecule has 0 fully saturated rings. The minimum absolute atomic E-state index is 0.210. The quantitative estimate of drug-likeness (QED) is 0.546. The molecule has 0 saturated heterocycles. The van der Waals surface area contributed by atoms with Crippen molar-refractivity contribution in [2.75, 3.05) is 18.4 Å². The van der Waals surface area contributed by atoms with Gasteiger partial charge in [0.05, 0.1) is 16.7 Å². The first-order chi connectivity index (χ1) is 15.7. The number of aromatic nitrogens is 2. The summed E-state index contributed by atoms with van der Waals surface area (Å²) in [5.41, 5.74) is 0.870. The number of fused-ring (bicyclic) bond motifs is 1. The maximum absolute atomic E-state index is 13.9. The van der Waals surface area contributed by atoms with Gasteiger partial charge < -0.3 is 14.8 Å². The largest absolute Gasteiger partial charge is 0.329 e. The molecule has 1 N–H and O–H groups in total. The minimum atomic E-state index is -1.70. The molecule has 0 aliphatic carbocycles. The molecule has 10 heteroatoms. The van der Waals surface area contributed by atoms with E-state index in [1.54, 1.807) is 29.7 Å². The summed E-state index contributed by atoms with van der Waals surface area (Å²) in [6.07, 6.45) is 0.541. The number of anilines is 1. The zero-order chi connectivity index (χ0) is 24.3. The predicted octanol–water partition coefficient (Wildman–Crippen LogP) is 3.63. The number of nitrogens with one attached hydrogen (secondary N) is 1. The Kier molecular flexibility index (Phi) is 7.15. The van der Waals surface area contributed by atoms with Crippen molar-refractivity contribution in [3.05, 3.63) is 69.4 Å². The summed E-state index contributed by atoms with van der Waals surface area (Å²) < 4.78 is 41.9. The van der Waals surface area contributed by atoms with Crippen molar-refractivity contribution in [2.45, 2.75) is 33.7 Å². The molecule has 0 bridgehead atoms. The number of rotatable bonds is 7. The Morgan fingerprint density at radius 2 is 1.82 bits per heavy atom. The molecule has 0 spiro atoms. The zero-order valence-electron chi connectivity index (χ0n) is 18.4. The van der Waals surface area contributed by atoms with Crippen molar-refractivity contribution in [3.63, 3.8) is 0 Å². The van der Waals surface area contributed by atoms with Gasteiger partial charge >= 0.3 is 0 Å². The lowest BCUT2D eigenvalue weighted by Gasteiger charge is -2.22. The van der Waals surface area contributed by atoms with Gasteiger partial charge in [0.1, 0.15) is 12.2 Å².